The minimum Gasteiger partial charge on any atom is -0.384 e. The number of amides is 2. The Morgan fingerprint density at radius 3 is 2.72 bits per heavy atom. The van der Waals surface area contributed by atoms with Crippen LogP contribution in [0.5, 0.6) is 0 Å². The van der Waals surface area contributed by atoms with E-state index in [0.29, 0.717) is 17.9 Å². The number of benzene rings is 1. The standard InChI is InChI=1S/C25H31N3O7S/c1-22(2)34-14-23(3,35-22)19(29)25-21(31)27-24(32,20(30)28-25)17(8-10-33-25)13-36-12-15-6-7-18-16(11-15)5-4-9-26-18/h4-7,9,11,17,19,29,32H,8,10,12-14H2,1-3H3,(H,27,31)(H,28,30)/t17?,19-,23-,24+,25-/m0/s1. The van der Waals surface area contributed by atoms with Crippen molar-refractivity contribution >= 4 is 34.5 Å². The number of nitrogens with zero attached hydrogens (tertiary/aromatic N) is 1. The lowest BCUT2D eigenvalue weighted by atomic mass is 9.83. The largest absolute Gasteiger partial charge is 0.384 e. The lowest BCUT2D eigenvalue weighted by molar-refractivity contribution is -0.247. The van der Waals surface area contributed by atoms with Crippen molar-refractivity contribution in [2.24, 2.45) is 5.92 Å². The summed E-state index contributed by atoms with van der Waals surface area (Å²) in [5, 5.41) is 28.5. The van der Waals surface area contributed by atoms with Crippen LogP contribution >= 0.6 is 11.8 Å². The van der Waals surface area contributed by atoms with Crippen molar-refractivity contribution < 1.29 is 34.0 Å². The van der Waals surface area contributed by atoms with E-state index in [1.165, 1.54) is 0 Å². The Morgan fingerprint density at radius 2 is 1.97 bits per heavy atom. The van der Waals surface area contributed by atoms with Crippen LogP contribution in [-0.4, -0.2) is 74.9 Å². The molecule has 2 bridgehead atoms. The third-order valence-corrected chi connectivity index (χ3v) is 8.25. The van der Waals surface area contributed by atoms with E-state index in [1.54, 1.807) is 38.7 Å². The first-order chi connectivity index (χ1) is 17.0. The molecule has 4 saturated heterocycles. The maximum Gasteiger partial charge on any atom is 0.278 e. The third kappa shape index (κ3) is 4.27. The van der Waals surface area contributed by atoms with Crippen molar-refractivity contribution in [2.45, 2.75) is 61.9 Å². The Kier molecular flexibility index (Phi) is 6.29. The highest BCUT2D eigenvalue weighted by atomic mass is 32.2. The molecule has 10 nitrogen and oxygen atoms in total. The molecule has 11 heteroatoms. The molecule has 0 radical (unpaired) electrons. The lowest BCUT2D eigenvalue weighted by Gasteiger charge is -2.51. The summed E-state index contributed by atoms with van der Waals surface area (Å²) >= 11 is 1.55. The first-order valence-corrected chi connectivity index (χ1v) is 13.1. The molecule has 4 aliphatic heterocycles. The van der Waals surface area contributed by atoms with Gasteiger partial charge in [0, 0.05) is 29.0 Å². The second-order valence-corrected chi connectivity index (χ2v) is 11.3. The Hall–Kier alpha value is -2.28. The highest BCUT2D eigenvalue weighted by molar-refractivity contribution is 7.98. The SMILES string of the molecule is CC1(C)OC[C@@](C)([C@H](O)[C@@]23NC(=O)[C@@](O)(NC2=O)C(CSCc2ccc4ncccc4c2)CCO3)O1. The Morgan fingerprint density at radius 1 is 1.17 bits per heavy atom. The molecule has 4 N–H and O–H groups in total. The number of ether oxygens (including phenoxy) is 3. The number of pyridine rings is 1. The monoisotopic (exact) mass is 517 g/mol. The minimum atomic E-state index is -2.13. The van der Waals surface area contributed by atoms with E-state index in [4.69, 9.17) is 14.2 Å². The number of nitrogens with one attached hydrogen (secondary N) is 2. The van der Waals surface area contributed by atoms with Gasteiger partial charge in [-0.25, -0.2) is 0 Å². The summed E-state index contributed by atoms with van der Waals surface area (Å²) < 4.78 is 17.3. The maximum absolute atomic E-state index is 13.3. The topological polar surface area (TPSA) is 139 Å². The summed E-state index contributed by atoms with van der Waals surface area (Å²) in [4.78, 5) is 30.8. The maximum atomic E-state index is 13.3. The number of carbonyl (C=O) groups is 2. The lowest BCUT2D eigenvalue weighted by Crippen LogP contribution is -2.83. The molecular weight excluding hydrogens is 486 g/mol. The Labute approximate surface area is 213 Å². The average Bonchev–Trinajstić information content (AvgIpc) is 3.13. The van der Waals surface area contributed by atoms with E-state index in [0.717, 1.165) is 16.5 Å². The highest BCUT2D eigenvalue weighted by Crippen LogP contribution is 2.40. The van der Waals surface area contributed by atoms with Crippen molar-refractivity contribution in [3.8, 4) is 0 Å². The van der Waals surface area contributed by atoms with Gasteiger partial charge in [-0.1, -0.05) is 12.1 Å². The number of carbonyl (C=O) groups excluding carboxylic acids is 2. The molecule has 5 atom stereocenters. The van der Waals surface area contributed by atoms with Crippen molar-refractivity contribution in [3.05, 3.63) is 42.1 Å². The number of rotatable bonds is 6. The van der Waals surface area contributed by atoms with Crippen LogP contribution in [0.2, 0.25) is 0 Å². The molecule has 1 aromatic heterocycles. The molecule has 0 spiro atoms. The van der Waals surface area contributed by atoms with Crippen LogP contribution in [0.15, 0.2) is 36.5 Å². The summed E-state index contributed by atoms with van der Waals surface area (Å²) in [6.07, 6.45) is 0.460. The van der Waals surface area contributed by atoms with Gasteiger partial charge in [-0.3, -0.25) is 14.6 Å². The average molecular weight is 518 g/mol. The van der Waals surface area contributed by atoms with Crippen molar-refractivity contribution in [3.63, 3.8) is 0 Å². The Bertz CT molecular complexity index is 1200. The van der Waals surface area contributed by atoms with E-state index in [9.17, 15) is 19.8 Å². The fourth-order valence-electron chi connectivity index (χ4n) is 5.12. The number of piperazine rings is 1. The number of aliphatic hydroxyl groups is 2. The molecule has 4 fully saturated rings. The van der Waals surface area contributed by atoms with Gasteiger partial charge in [-0.15, -0.1) is 0 Å². The van der Waals surface area contributed by atoms with Gasteiger partial charge in [-0.05, 0) is 51.0 Å². The second kappa shape index (κ2) is 8.93. The fourth-order valence-corrected chi connectivity index (χ4v) is 6.34. The normalized spacial score (nSPS) is 34.6. The summed E-state index contributed by atoms with van der Waals surface area (Å²) in [5.74, 6) is -2.19. The van der Waals surface area contributed by atoms with Gasteiger partial charge in [0.25, 0.3) is 17.5 Å². The smallest absolute Gasteiger partial charge is 0.278 e. The minimum absolute atomic E-state index is 0.0101. The number of fused-ring (bicyclic) bond motifs is 6. The second-order valence-electron chi connectivity index (χ2n) is 10.3. The molecule has 1 aromatic carbocycles. The first-order valence-electron chi connectivity index (χ1n) is 11.9. The van der Waals surface area contributed by atoms with E-state index in [-0.39, 0.29) is 13.2 Å². The zero-order valence-corrected chi connectivity index (χ0v) is 21.3. The molecule has 5 heterocycles. The summed E-state index contributed by atoms with van der Waals surface area (Å²) in [6, 6.07) is 9.91. The predicted molar refractivity (Wildman–Crippen MR) is 131 cm³/mol. The van der Waals surface area contributed by atoms with Gasteiger partial charge in [0.05, 0.1) is 18.7 Å². The van der Waals surface area contributed by atoms with Crippen LogP contribution < -0.4 is 10.6 Å². The van der Waals surface area contributed by atoms with Crippen molar-refractivity contribution in [1.82, 2.24) is 15.6 Å². The predicted octanol–water partition coefficient (Wildman–Crippen LogP) is 1.04. The molecular formula is C25H31N3O7S. The van der Waals surface area contributed by atoms with Crippen LogP contribution in [0, 0.1) is 5.92 Å². The molecule has 194 valence electrons. The highest BCUT2D eigenvalue weighted by Gasteiger charge is 2.66. The van der Waals surface area contributed by atoms with Crippen LogP contribution in [0.25, 0.3) is 10.9 Å². The number of thioether (sulfide) groups is 1. The molecule has 0 saturated carbocycles. The molecule has 1 unspecified atom stereocenters. The quantitative estimate of drug-likeness (QED) is 0.443. The van der Waals surface area contributed by atoms with Crippen LogP contribution in [0.3, 0.4) is 0 Å². The first kappa shape index (κ1) is 25.4. The Balaban J connectivity index is 1.29. The van der Waals surface area contributed by atoms with E-state index in [1.807, 2.05) is 24.3 Å². The van der Waals surface area contributed by atoms with Gasteiger partial charge in [0.2, 0.25) is 5.72 Å². The molecule has 4 aliphatic rings. The van der Waals surface area contributed by atoms with Gasteiger partial charge >= 0.3 is 0 Å². The number of hydrogen-bond acceptors (Lipinski definition) is 9. The fraction of sp³-hybridized carbons (Fsp3) is 0.560. The van der Waals surface area contributed by atoms with Crippen molar-refractivity contribution in [2.75, 3.05) is 19.0 Å². The van der Waals surface area contributed by atoms with Crippen LogP contribution in [-0.2, 0) is 29.6 Å². The van der Waals surface area contributed by atoms with Gasteiger partial charge in [0.1, 0.15) is 11.7 Å². The zero-order chi connectivity index (χ0) is 25.8. The van der Waals surface area contributed by atoms with E-state index < -0.39 is 46.7 Å². The molecule has 36 heavy (non-hydrogen) atoms. The van der Waals surface area contributed by atoms with Gasteiger partial charge in [-0.2, -0.15) is 11.8 Å². The summed E-state index contributed by atoms with van der Waals surface area (Å²) in [5.41, 5.74) is -3.56. The number of aromatic nitrogens is 1. The third-order valence-electron chi connectivity index (χ3n) is 7.08. The zero-order valence-electron chi connectivity index (χ0n) is 20.4. The summed E-state index contributed by atoms with van der Waals surface area (Å²) in [6.45, 7) is 5.00. The molecule has 2 aromatic rings. The molecule has 0 aliphatic carbocycles. The number of hydrogen-bond donors (Lipinski definition) is 4. The molecule has 2 amide bonds. The van der Waals surface area contributed by atoms with Crippen LogP contribution in [0.4, 0.5) is 0 Å². The van der Waals surface area contributed by atoms with Gasteiger partial charge in [0.15, 0.2) is 5.79 Å². The summed E-state index contributed by atoms with van der Waals surface area (Å²) in [7, 11) is 0. The van der Waals surface area contributed by atoms with E-state index in [2.05, 4.69) is 21.7 Å². The van der Waals surface area contributed by atoms with Crippen LogP contribution in [0.1, 0.15) is 32.8 Å². The van der Waals surface area contributed by atoms with E-state index >= 15 is 0 Å². The van der Waals surface area contributed by atoms with Crippen molar-refractivity contribution in [1.29, 1.82) is 0 Å². The number of aliphatic hydroxyl groups excluding tert-OH is 1. The molecule has 6 rings (SSSR count). The van der Waals surface area contributed by atoms with Gasteiger partial charge < -0.3 is 35.1 Å².